The highest BCUT2D eigenvalue weighted by Gasteiger charge is 2.27. The molecule has 0 unspecified atom stereocenters. The van der Waals surface area contributed by atoms with E-state index in [9.17, 15) is 14.4 Å². The van der Waals surface area contributed by atoms with Crippen LogP contribution in [0.1, 0.15) is 38.7 Å². The van der Waals surface area contributed by atoms with Crippen molar-refractivity contribution in [3.05, 3.63) is 35.9 Å². The van der Waals surface area contributed by atoms with Gasteiger partial charge in [-0.15, -0.1) is 0 Å². The van der Waals surface area contributed by atoms with Crippen molar-refractivity contribution in [1.29, 1.82) is 0 Å². The maximum atomic E-state index is 12.8. The summed E-state index contributed by atoms with van der Waals surface area (Å²) >= 11 is 0. The van der Waals surface area contributed by atoms with Gasteiger partial charge in [-0.05, 0) is 30.7 Å². The molecule has 0 aliphatic rings. The summed E-state index contributed by atoms with van der Waals surface area (Å²) in [7, 11) is 0. The van der Waals surface area contributed by atoms with E-state index in [1.54, 1.807) is 0 Å². The second kappa shape index (κ2) is 13.8. The van der Waals surface area contributed by atoms with Gasteiger partial charge in [-0.2, -0.15) is 0 Å². The summed E-state index contributed by atoms with van der Waals surface area (Å²) < 4.78 is 5.20. The normalized spacial score (nSPS) is 12.4. The zero-order valence-corrected chi connectivity index (χ0v) is 18.0. The fourth-order valence-electron chi connectivity index (χ4n) is 2.76. The Morgan fingerprint density at radius 3 is 2.29 bits per heavy atom. The average Bonchev–Trinajstić information content (AvgIpc) is 2.73. The number of aliphatic imine (C=N–C) groups is 1. The predicted octanol–water partition coefficient (Wildman–Crippen LogP) is -0.144. The minimum absolute atomic E-state index is 0.0564. The van der Waals surface area contributed by atoms with Gasteiger partial charge in [-0.3, -0.25) is 20.0 Å². The van der Waals surface area contributed by atoms with Crippen molar-refractivity contribution in [3.8, 4) is 0 Å². The van der Waals surface area contributed by atoms with Crippen LogP contribution in [0.4, 0.5) is 4.79 Å². The Morgan fingerprint density at radius 2 is 1.71 bits per heavy atom. The van der Waals surface area contributed by atoms with Crippen molar-refractivity contribution >= 4 is 23.9 Å². The first-order valence-electron chi connectivity index (χ1n) is 10.1. The molecule has 31 heavy (non-hydrogen) atoms. The Bertz CT molecular complexity index is 736. The van der Waals surface area contributed by atoms with Crippen LogP contribution in [0.5, 0.6) is 0 Å². The molecule has 0 bridgehead atoms. The summed E-state index contributed by atoms with van der Waals surface area (Å²) in [5.41, 5.74) is 13.4. The van der Waals surface area contributed by atoms with Gasteiger partial charge in [0, 0.05) is 6.54 Å². The van der Waals surface area contributed by atoms with Crippen LogP contribution in [0, 0.1) is 5.92 Å². The Morgan fingerprint density at radius 1 is 1.03 bits per heavy atom. The first-order valence-corrected chi connectivity index (χ1v) is 10.1. The number of nitrogens with zero attached hydrogens (tertiary/aromatic N) is 1. The highest BCUT2D eigenvalue weighted by atomic mass is 16.5. The first-order chi connectivity index (χ1) is 14.7. The molecule has 0 radical (unpaired) electrons. The van der Waals surface area contributed by atoms with Gasteiger partial charge in [0.25, 0.3) is 5.91 Å². The highest BCUT2D eigenvalue weighted by molar-refractivity contribution is 5.91. The van der Waals surface area contributed by atoms with Gasteiger partial charge in [0.2, 0.25) is 5.91 Å². The molecule has 0 aromatic heterocycles. The third-order valence-electron chi connectivity index (χ3n) is 4.25. The number of hydrazine groups is 1. The van der Waals surface area contributed by atoms with Gasteiger partial charge in [0.05, 0.1) is 0 Å². The van der Waals surface area contributed by atoms with Gasteiger partial charge >= 0.3 is 6.09 Å². The molecule has 0 spiro atoms. The topological polar surface area (TPSA) is 187 Å². The highest BCUT2D eigenvalue weighted by Crippen LogP contribution is 2.08. The number of hydrogen-bond donors (Lipinski definition) is 6. The number of nitrogens with one attached hydrogen (secondary N) is 3. The van der Waals surface area contributed by atoms with Crippen LogP contribution >= 0.6 is 0 Å². The van der Waals surface area contributed by atoms with Crippen molar-refractivity contribution in [2.24, 2.45) is 28.2 Å². The summed E-state index contributed by atoms with van der Waals surface area (Å²) in [6, 6.07) is 7.40. The molecule has 11 nitrogen and oxygen atoms in total. The van der Waals surface area contributed by atoms with Crippen LogP contribution in [0.3, 0.4) is 0 Å². The lowest BCUT2D eigenvalue weighted by Crippen LogP contribution is -2.55. The Hall–Kier alpha value is -3.34. The number of nitrogens with two attached hydrogens (primary N) is 3. The number of benzene rings is 1. The molecule has 0 saturated heterocycles. The number of carbonyl (C=O) groups excluding carboxylic acids is 3. The molecule has 0 heterocycles. The van der Waals surface area contributed by atoms with Crippen molar-refractivity contribution in [2.45, 2.75) is 51.8 Å². The standard InChI is InChI=1S/C20H33N7O4/c1-13(2)11-16(26-20(30)31-12-14-7-4-3-5-8-14)17(28)25-15(18(29)27-23)9-6-10-24-19(21)22/h3-5,7-8,13,15-16H,6,9-12,23H2,1-2H3,(H,25,28)(H,26,30)(H,27,29)(H4,21,22,24)/t15-,16-/m0/s1. The van der Waals surface area contributed by atoms with Crippen LogP contribution < -0.4 is 33.4 Å². The molecule has 0 aliphatic carbocycles. The Labute approximate surface area is 182 Å². The van der Waals surface area contributed by atoms with Gasteiger partial charge in [-0.1, -0.05) is 44.2 Å². The number of carbonyl (C=O) groups is 3. The summed E-state index contributed by atoms with van der Waals surface area (Å²) in [4.78, 5) is 40.9. The van der Waals surface area contributed by atoms with E-state index in [0.717, 1.165) is 5.56 Å². The zero-order valence-electron chi connectivity index (χ0n) is 18.0. The second-order valence-corrected chi connectivity index (χ2v) is 7.41. The number of amides is 3. The van der Waals surface area contributed by atoms with Gasteiger partial charge in [0.1, 0.15) is 18.7 Å². The molecule has 1 aromatic rings. The lowest BCUT2D eigenvalue weighted by atomic mass is 10.0. The van der Waals surface area contributed by atoms with Crippen LogP contribution in [-0.4, -0.2) is 42.5 Å². The maximum absolute atomic E-state index is 12.8. The summed E-state index contributed by atoms with van der Waals surface area (Å²) in [6.45, 7) is 4.20. The van der Waals surface area contributed by atoms with E-state index in [1.807, 2.05) is 49.6 Å². The van der Waals surface area contributed by atoms with E-state index >= 15 is 0 Å². The summed E-state index contributed by atoms with van der Waals surface area (Å²) in [5.74, 6) is 4.20. The number of ether oxygens (including phenoxy) is 1. The molecule has 0 aliphatic heterocycles. The molecule has 2 atom stereocenters. The summed E-state index contributed by atoms with van der Waals surface area (Å²) in [5, 5.41) is 5.20. The van der Waals surface area contributed by atoms with Crippen molar-refractivity contribution in [3.63, 3.8) is 0 Å². The predicted molar refractivity (Wildman–Crippen MR) is 117 cm³/mol. The SMILES string of the molecule is CC(C)C[C@H](NC(=O)OCc1ccccc1)C(=O)N[C@@H](CCCN=C(N)N)C(=O)NN. The van der Waals surface area contributed by atoms with E-state index in [4.69, 9.17) is 22.0 Å². The minimum atomic E-state index is -0.900. The van der Waals surface area contributed by atoms with E-state index in [1.165, 1.54) is 0 Å². The third-order valence-corrected chi connectivity index (χ3v) is 4.25. The van der Waals surface area contributed by atoms with E-state index in [2.05, 4.69) is 15.6 Å². The fourth-order valence-corrected chi connectivity index (χ4v) is 2.76. The molecular weight excluding hydrogens is 402 g/mol. The van der Waals surface area contributed by atoms with Crippen LogP contribution in [0.2, 0.25) is 0 Å². The van der Waals surface area contributed by atoms with Gasteiger partial charge < -0.3 is 26.8 Å². The number of hydrogen-bond acceptors (Lipinski definition) is 6. The minimum Gasteiger partial charge on any atom is -0.445 e. The molecule has 0 fully saturated rings. The van der Waals surface area contributed by atoms with Crippen LogP contribution in [-0.2, 0) is 20.9 Å². The van der Waals surface area contributed by atoms with Crippen LogP contribution in [0.15, 0.2) is 35.3 Å². The smallest absolute Gasteiger partial charge is 0.408 e. The molecule has 11 heteroatoms. The lowest BCUT2D eigenvalue weighted by Gasteiger charge is -2.23. The molecule has 1 rings (SSSR count). The zero-order chi connectivity index (χ0) is 23.2. The first kappa shape index (κ1) is 25.7. The molecule has 3 amide bonds. The summed E-state index contributed by atoms with van der Waals surface area (Å²) in [6.07, 6.45) is 0.338. The van der Waals surface area contributed by atoms with E-state index in [-0.39, 0.29) is 24.9 Å². The average molecular weight is 436 g/mol. The third kappa shape index (κ3) is 10.8. The van der Waals surface area contributed by atoms with Gasteiger partial charge in [-0.25, -0.2) is 10.6 Å². The number of rotatable bonds is 12. The largest absolute Gasteiger partial charge is 0.445 e. The molecule has 0 saturated carbocycles. The monoisotopic (exact) mass is 435 g/mol. The van der Waals surface area contributed by atoms with Crippen molar-refractivity contribution < 1.29 is 19.1 Å². The molecule has 9 N–H and O–H groups in total. The van der Waals surface area contributed by atoms with E-state index < -0.39 is 30.0 Å². The molecule has 172 valence electrons. The number of alkyl carbamates (subject to hydrolysis) is 1. The maximum Gasteiger partial charge on any atom is 0.408 e. The second-order valence-electron chi connectivity index (χ2n) is 7.41. The Balaban J connectivity index is 2.70. The van der Waals surface area contributed by atoms with E-state index in [0.29, 0.717) is 19.4 Å². The quantitative estimate of drug-likeness (QED) is 0.0658. The molecule has 1 aromatic carbocycles. The Kier molecular flexibility index (Phi) is 11.4. The fraction of sp³-hybridized carbons (Fsp3) is 0.500. The van der Waals surface area contributed by atoms with Gasteiger partial charge in [0.15, 0.2) is 5.96 Å². The van der Waals surface area contributed by atoms with Crippen LogP contribution in [0.25, 0.3) is 0 Å². The lowest BCUT2D eigenvalue weighted by molar-refractivity contribution is -0.130. The molecular formula is C20H33N7O4. The number of guanidine groups is 1. The van der Waals surface area contributed by atoms with Crippen molar-refractivity contribution in [1.82, 2.24) is 16.1 Å². The van der Waals surface area contributed by atoms with Crippen molar-refractivity contribution in [2.75, 3.05) is 6.54 Å².